The van der Waals surface area contributed by atoms with Gasteiger partial charge in [0.15, 0.2) is 0 Å². The number of primary amides is 1. The maximum Gasteiger partial charge on any atom is 0.321 e. The molecule has 1 saturated heterocycles. The van der Waals surface area contributed by atoms with Gasteiger partial charge in [0, 0.05) is 23.9 Å². The lowest BCUT2D eigenvalue weighted by Crippen LogP contribution is -2.36. The maximum absolute atomic E-state index is 11.5. The van der Waals surface area contributed by atoms with Gasteiger partial charge in [0.25, 0.3) is 0 Å². The van der Waals surface area contributed by atoms with E-state index >= 15 is 0 Å². The van der Waals surface area contributed by atoms with Crippen LogP contribution in [0.15, 0.2) is 24.3 Å². The van der Waals surface area contributed by atoms with Crippen LogP contribution >= 0.6 is 11.6 Å². The van der Waals surface area contributed by atoms with Crippen molar-refractivity contribution in [1.29, 1.82) is 0 Å². The smallest absolute Gasteiger partial charge is 0.321 e. The summed E-state index contributed by atoms with van der Waals surface area (Å²) in [4.78, 5) is 23.5. The van der Waals surface area contributed by atoms with Gasteiger partial charge >= 0.3 is 6.03 Å². The third-order valence-electron chi connectivity index (χ3n) is 2.73. The van der Waals surface area contributed by atoms with E-state index in [9.17, 15) is 9.59 Å². The molecule has 1 aliphatic heterocycles. The van der Waals surface area contributed by atoms with E-state index in [0.29, 0.717) is 18.0 Å². The normalized spacial score (nSPS) is 20.2. The van der Waals surface area contributed by atoms with Gasteiger partial charge in [-0.25, -0.2) is 4.79 Å². The SMILES string of the molecule is NC(=O)N1CC(c2ccc(Cl)cc2)CC1=O. The molecule has 1 aliphatic rings. The van der Waals surface area contributed by atoms with E-state index in [1.165, 1.54) is 0 Å². The summed E-state index contributed by atoms with van der Waals surface area (Å²) in [5, 5.41) is 0.653. The summed E-state index contributed by atoms with van der Waals surface area (Å²) in [5.74, 6) is -0.190. The lowest BCUT2D eigenvalue weighted by atomic mass is 9.98. The highest BCUT2D eigenvalue weighted by Crippen LogP contribution is 2.28. The molecule has 0 bridgehead atoms. The molecule has 1 aromatic carbocycles. The van der Waals surface area contributed by atoms with Gasteiger partial charge in [0.2, 0.25) is 5.91 Å². The lowest BCUT2D eigenvalue weighted by molar-refractivity contribution is -0.125. The summed E-state index contributed by atoms with van der Waals surface area (Å²) in [7, 11) is 0. The summed E-state index contributed by atoms with van der Waals surface area (Å²) < 4.78 is 0. The molecular formula is C11H11ClN2O2. The number of hydrogen-bond acceptors (Lipinski definition) is 2. The van der Waals surface area contributed by atoms with E-state index in [-0.39, 0.29) is 11.8 Å². The van der Waals surface area contributed by atoms with Gasteiger partial charge in [-0.1, -0.05) is 23.7 Å². The van der Waals surface area contributed by atoms with Gasteiger partial charge in [0.05, 0.1) is 0 Å². The van der Waals surface area contributed by atoms with Crippen LogP contribution < -0.4 is 5.73 Å². The molecule has 0 aliphatic carbocycles. The zero-order chi connectivity index (χ0) is 11.7. The number of hydrogen-bond donors (Lipinski definition) is 1. The molecule has 16 heavy (non-hydrogen) atoms. The molecule has 0 aromatic heterocycles. The van der Waals surface area contributed by atoms with E-state index in [2.05, 4.69) is 0 Å². The molecule has 1 unspecified atom stereocenters. The van der Waals surface area contributed by atoms with Gasteiger partial charge in [-0.05, 0) is 17.7 Å². The van der Waals surface area contributed by atoms with Crippen LogP contribution in [0.3, 0.4) is 0 Å². The number of amides is 3. The average molecular weight is 239 g/mol. The van der Waals surface area contributed by atoms with Crippen LogP contribution in [-0.4, -0.2) is 23.4 Å². The third-order valence-corrected chi connectivity index (χ3v) is 2.98. The molecule has 2 N–H and O–H groups in total. The molecule has 5 heteroatoms. The minimum Gasteiger partial charge on any atom is -0.351 e. The van der Waals surface area contributed by atoms with E-state index < -0.39 is 6.03 Å². The summed E-state index contributed by atoms with van der Waals surface area (Å²) in [6, 6.07) is 6.60. The Morgan fingerprint density at radius 3 is 2.50 bits per heavy atom. The summed E-state index contributed by atoms with van der Waals surface area (Å²) in [6.45, 7) is 0.357. The van der Waals surface area contributed by atoms with Crippen molar-refractivity contribution in [1.82, 2.24) is 4.90 Å². The lowest BCUT2D eigenvalue weighted by Gasteiger charge is -2.11. The number of carbonyl (C=O) groups excluding carboxylic acids is 2. The number of imide groups is 1. The Balaban J connectivity index is 2.16. The van der Waals surface area contributed by atoms with Gasteiger partial charge in [0.1, 0.15) is 0 Å². The molecule has 1 heterocycles. The van der Waals surface area contributed by atoms with Gasteiger partial charge in [-0.15, -0.1) is 0 Å². The molecule has 0 radical (unpaired) electrons. The first-order chi connectivity index (χ1) is 7.58. The number of likely N-dealkylation sites (tertiary alicyclic amines) is 1. The Bertz CT molecular complexity index is 430. The topological polar surface area (TPSA) is 63.4 Å². The fourth-order valence-electron chi connectivity index (χ4n) is 1.88. The molecule has 3 amide bonds. The molecule has 0 saturated carbocycles. The fraction of sp³-hybridized carbons (Fsp3) is 0.273. The monoisotopic (exact) mass is 238 g/mol. The zero-order valence-corrected chi connectivity index (χ0v) is 9.28. The number of urea groups is 1. The zero-order valence-electron chi connectivity index (χ0n) is 8.52. The van der Waals surface area contributed by atoms with Crippen LogP contribution in [0.25, 0.3) is 0 Å². The summed E-state index contributed by atoms with van der Waals surface area (Å²) in [6.07, 6.45) is 0.324. The van der Waals surface area contributed by atoms with Crippen molar-refractivity contribution in [2.75, 3.05) is 6.54 Å². The third kappa shape index (κ3) is 2.02. The van der Waals surface area contributed by atoms with Crippen molar-refractivity contribution in [3.8, 4) is 0 Å². The van der Waals surface area contributed by atoms with Crippen molar-refractivity contribution >= 4 is 23.5 Å². The molecule has 4 nitrogen and oxygen atoms in total. The number of carbonyl (C=O) groups is 2. The standard InChI is InChI=1S/C11H11ClN2O2/c12-9-3-1-7(2-4-9)8-5-10(15)14(6-8)11(13)16/h1-4,8H,5-6H2,(H2,13,16). The number of benzene rings is 1. The van der Waals surface area contributed by atoms with Crippen LogP contribution in [-0.2, 0) is 4.79 Å². The molecule has 1 fully saturated rings. The maximum atomic E-state index is 11.5. The first-order valence-electron chi connectivity index (χ1n) is 4.93. The predicted molar refractivity (Wildman–Crippen MR) is 60.1 cm³/mol. The van der Waals surface area contributed by atoms with Crippen molar-refractivity contribution in [3.05, 3.63) is 34.9 Å². The Morgan fingerprint density at radius 2 is 2.00 bits per heavy atom. The molecule has 2 rings (SSSR count). The second-order valence-electron chi connectivity index (χ2n) is 3.80. The summed E-state index contributed by atoms with van der Waals surface area (Å²) in [5.41, 5.74) is 6.10. The largest absolute Gasteiger partial charge is 0.351 e. The van der Waals surface area contributed by atoms with E-state index in [1.807, 2.05) is 12.1 Å². The molecule has 1 aromatic rings. The van der Waals surface area contributed by atoms with Crippen LogP contribution in [0.1, 0.15) is 17.9 Å². The Kier molecular flexibility index (Phi) is 2.83. The van der Waals surface area contributed by atoms with Crippen LogP contribution in [0, 0.1) is 0 Å². The van der Waals surface area contributed by atoms with Crippen molar-refractivity contribution in [3.63, 3.8) is 0 Å². The van der Waals surface area contributed by atoms with Crippen molar-refractivity contribution in [2.45, 2.75) is 12.3 Å². The van der Waals surface area contributed by atoms with Crippen molar-refractivity contribution < 1.29 is 9.59 Å². The van der Waals surface area contributed by atoms with E-state index in [4.69, 9.17) is 17.3 Å². The second-order valence-corrected chi connectivity index (χ2v) is 4.23. The molecular weight excluding hydrogens is 228 g/mol. The highest BCUT2D eigenvalue weighted by Gasteiger charge is 2.33. The summed E-state index contributed by atoms with van der Waals surface area (Å²) >= 11 is 5.77. The number of rotatable bonds is 1. The second kappa shape index (κ2) is 4.14. The first kappa shape index (κ1) is 11.0. The number of halogens is 1. The molecule has 84 valence electrons. The number of nitrogens with two attached hydrogens (primary N) is 1. The molecule has 0 spiro atoms. The minimum atomic E-state index is -0.679. The Morgan fingerprint density at radius 1 is 1.38 bits per heavy atom. The number of nitrogens with zero attached hydrogens (tertiary/aromatic N) is 1. The van der Waals surface area contributed by atoms with E-state index in [1.54, 1.807) is 12.1 Å². The predicted octanol–water partition coefficient (Wildman–Crippen LogP) is 1.73. The van der Waals surface area contributed by atoms with Gasteiger partial charge < -0.3 is 5.73 Å². The van der Waals surface area contributed by atoms with Gasteiger partial charge in [-0.2, -0.15) is 0 Å². The van der Waals surface area contributed by atoms with E-state index in [0.717, 1.165) is 10.5 Å². The van der Waals surface area contributed by atoms with Crippen LogP contribution in [0.5, 0.6) is 0 Å². The highest BCUT2D eigenvalue weighted by atomic mass is 35.5. The first-order valence-corrected chi connectivity index (χ1v) is 5.31. The quantitative estimate of drug-likeness (QED) is 0.810. The van der Waals surface area contributed by atoms with Crippen molar-refractivity contribution in [2.24, 2.45) is 5.73 Å². The highest BCUT2D eigenvalue weighted by molar-refractivity contribution is 6.30. The Hall–Kier alpha value is -1.55. The van der Waals surface area contributed by atoms with Crippen LogP contribution in [0.2, 0.25) is 5.02 Å². The Labute approximate surface area is 98.0 Å². The fourth-order valence-corrected chi connectivity index (χ4v) is 2.00. The minimum absolute atomic E-state index is 0.0252. The average Bonchev–Trinajstić information content (AvgIpc) is 2.61. The molecule has 1 atom stereocenters. The van der Waals surface area contributed by atoms with Gasteiger partial charge in [-0.3, -0.25) is 9.69 Å². The van der Waals surface area contributed by atoms with Crippen LogP contribution in [0.4, 0.5) is 4.79 Å².